The number of hydrogen-bond donors (Lipinski definition) is 2. The van der Waals surface area contributed by atoms with Gasteiger partial charge in [0.05, 0.1) is 11.8 Å². The summed E-state index contributed by atoms with van der Waals surface area (Å²) >= 11 is 0. The van der Waals surface area contributed by atoms with Crippen molar-refractivity contribution in [2.45, 2.75) is 53.1 Å². The van der Waals surface area contributed by atoms with Crippen LogP contribution in [-0.4, -0.2) is 43.3 Å². The van der Waals surface area contributed by atoms with Crippen LogP contribution >= 0.6 is 0 Å². The number of oxazole rings is 1. The van der Waals surface area contributed by atoms with Crippen molar-refractivity contribution < 1.29 is 13.5 Å². The normalized spacial score (nSPS) is 20.0. The van der Waals surface area contributed by atoms with Crippen molar-refractivity contribution >= 4 is 5.96 Å². The highest BCUT2D eigenvalue weighted by molar-refractivity contribution is 5.79. The smallest absolute Gasteiger partial charge is 0.226 e. The molecule has 7 heteroatoms. The van der Waals surface area contributed by atoms with Crippen LogP contribution in [0.5, 0.6) is 0 Å². The average Bonchev–Trinajstić information content (AvgIpc) is 3.21. The molecule has 0 saturated carbocycles. The van der Waals surface area contributed by atoms with E-state index in [1.54, 1.807) is 18.4 Å². The molecule has 1 aliphatic heterocycles. The van der Waals surface area contributed by atoms with Crippen molar-refractivity contribution in [3.63, 3.8) is 0 Å². The third kappa shape index (κ3) is 6.79. The highest BCUT2D eigenvalue weighted by Crippen LogP contribution is 2.34. The Bertz CT molecular complexity index is 842. The van der Waals surface area contributed by atoms with Crippen molar-refractivity contribution in [1.29, 1.82) is 0 Å². The minimum absolute atomic E-state index is 0.113. The van der Waals surface area contributed by atoms with Crippen LogP contribution in [-0.2, 0) is 11.2 Å². The van der Waals surface area contributed by atoms with Crippen LogP contribution in [0.2, 0.25) is 0 Å². The first-order chi connectivity index (χ1) is 14.9. The van der Waals surface area contributed by atoms with Crippen LogP contribution in [0, 0.1) is 17.2 Å². The van der Waals surface area contributed by atoms with Crippen LogP contribution in [0.25, 0.3) is 11.5 Å². The highest BCUT2D eigenvalue weighted by atomic mass is 19.1. The zero-order chi connectivity index (χ0) is 22.3. The molecule has 31 heavy (non-hydrogen) atoms. The number of benzene rings is 1. The lowest BCUT2D eigenvalue weighted by molar-refractivity contribution is -0.0823. The SMILES string of the molecule is CCNC(=NCC1CCCOC1C(C)(C)C)NCCc1coc(-c2ccc(F)cc2)n1. The van der Waals surface area contributed by atoms with Crippen LogP contribution in [0.1, 0.15) is 46.2 Å². The lowest BCUT2D eigenvalue weighted by Gasteiger charge is -2.39. The Morgan fingerprint density at radius 3 is 2.71 bits per heavy atom. The fourth-order valence-electron chi connectivity index (χ4n) is 3.99. The van der Waals surface area contributed by atoms with Gasteiger partial charge in [-0.2, -0.15) is 0 Å². The van der Waals surface area contributed by atoms with Crippen molar-refractivity contribution in [1.82, 2.24) is 15.6 Å². The van der Waals surface area contributed by atoms with Crippen LogP contribution in [0.15, 0.2) is 39.9 Å². The highest BCUT2D eigenvalue weighted by Gasteiger charge is 2.35. The summed E-state index contributed by atoms with van der Waals surface area (Å²) in [6.45, 7) is 11.8. The van der Waals surface area contributed by atoms with E-state index in [0.29, 0.717) is 24.8 Å². The van der Waals surface area contributed by atoms with Crippen molar-refractivity contribution in [2.75, 3.05) is 26.2 Å². The molecule has 2 atom stereocenters. The molecule has 0 amide bonds. The van der Waals surface area contributed by atoms with Crippen LogP contribution in [0.3, 0.4) is 0 Å². The van der Waals surface area contributed by atoms with Crippen LogP contribution in [0.4, 0.5) is 4.39 Å². The van der Waals surface area contributed by atoms with Gasteiger partial charge in [0, 0.05) is 44.1 Å². The predicted octanol–water partition coefficient (Wildman–Crippen LogP) is 4.42. The molecule has 0 bridgehead atoms. The number of nitrogens with zero attached hydrogens (tertiary/aromatic N) is 2. The van der Waals surface area contributed by atoms with E-state index in [2.05, 4.69) is 43.3 Å². The molecule has 170 valence electrons. The maximum absolute atomic E-state index is 13.1. The fraction of sp³-hybridized carbons (Fsp3) is 0.583. The Kier molecular flexibility index (Phi) is 8.07. The van der Waals surface area contributed by atoms with Gasteiger partial charge in [-0.25, -0.2) is 9.37 Å². The molecule has 1 aromatic carbocycles. The maximum atomic E-state index is 13.1. The standard InChI is InChI=1S/C24H35FN4O2/c1-5-26-23(28-15-18-7-6-14-30-21(18)24(2,3)4)27-13-12-20-16-31-22(29-20)17-8-10-19(25)11-9-17/h8-11,16,18,21H,5-7,12-15H2,1-4H3,(H2,26,27,28). The monoisotopic (exact) mass is 430 g/mol. The summed E-state index contributed by atoms with van der Waals surface area (Å²) in [4.78, 5) is 9.33. The minimum Gasteiger partial charge on any atom is -0.444 e. The second-order valence-corrected chi connectivity index (χ2v) is 9.11. The summed E-state index contributed by atoms with van der Waals surface area (Å²) in [6, 6.07) is 6.14. The lowest BCUT2D eigenvalue weighted by atomic mass is 9.78. The molecule has 2 heterocycles. The average molecular weight is 431 g/mol. The van der Waals surface area contributed by atoms with Gasteiger partial charge in [0.2, 0.25) is 5.89 Å². The predicted molar refractivity (Wildman–Crippen MR) is 122 cm³/mol. The molecule has 2 aromatic rings. The van der Waals surface area contributed by atoms with Gasteiger partial charge in [-0.15, -0.1) is 0 Å². The number of hydrogen-bond acceptors (Lipinski definition) is 4. The van der Waals surface area contributed by atoms with Gasteiger partial charge in [-0.1, -0.05) is 20.8 Å². The van der Waals surface area contributed by atoms with Gasteiger partial charge in [0.15, 0.2) is 5.96 Å². The summed E-state index contributed by atoms with van der Waals surface area (Å²) in [7, 11) is 0. The largest absolute Gasteiger partial charge is 0.444 e. The summed E-state index contributed by atoms with van der Waals surface area (Å²) < 4.78 is 24.7. The van der Waals surface area contributed by atoms with E-state index in [1.807, 2.05) is 0 Å². The van der Waals surface area contributed by atoms with Gasteiger partial charge in [-0.05, 0) is 49.4 Å². The third-order valence-electron chi connectivity index (χ3n) is 5.44. The van der Waals surface area contributed by atoms with Gasteiger partial charge in [0.1, 0.15) is 12.1 Å². The Balaban J connectivity index is 1.54. The zero-order valence-corrected chi connectivity index (χ0v) is 19.1. The molecule has 2 N–H and O–H groups in total. The molecule has 3 rings (SSSR count). The molecular formula is C24H35FN4O2. The Morgan fingerprint density at radius 2 is 2.00 bits per heavy atom. The maximum Gasteiger partial charge on any atom is 0.226 e. The number of aromatic nitrogens is 1. The molecule has 0 spiro atoms. The van der Waals surface area contributed by atoms with Gasteiger partial charge in [0.25, 0.3) is 0 Å². The number of rotatable bonds is 7. The number of aliphatic imine (C=N–C) groups is 1. The van der Waals surface area contributed by atoms with E-state index in [0.717, 1.165) is 49.8 Å². The molecule has 1 saturated heterocycles. The molecular weight excluding hydrogens is 395 g/mol. The number of ether oxygens (including phenoxy) is 1. The van der Waals surface area contributed by atoms with E-state index in [1.165, 1.54) is 12.1 Å². The summed E-state index contributed by atoms with van der Waals surface area (Å²) in [6.07, 6.45) is 4.83. The molecule has 0 radical (unpaired) electrons. The van der Waals surface area contributed by atoms with E-state index in [9.17, 15) is 4.39 Å². The molecule has 6 nitrogen and oxygen atoms in total. The van der Waals surface area contributed by atoms with Gasteiger partial charge < -0.3 is 19.8 Å². The first-order valence-corrected chi connectivity index (χ1v) is 11.2. The van der Waals surface area contributed by atoms with Gasteiger partial charge in [-0.3, -0.25) is 4.99 Å². The quantitative estimate of drug-likeness (QED) is 0.503. The number of halogens is 1. The number of nitrogens with one attached hydrogen (secondary N) is 2. The second-order valence-electron chi connectivity index (χ2n) is 9.11. The van der Waals surface area contributed by atoms with E-state index in [4.69, 9.17) is 14.1 Å². The van der Waals surface area contributed by atoms with E-state index < -0.39 is 0 Å². The second kappa shape index (κ2) is 10.8. The zero-order valence-electron chi connectivity index (χ0n) is 19.1. The van der Waals surface area contributed by atoms with E-state index in [-0.39, 0.29) is 17.3 Å². The van der Waals surface area contributed by atoms with Crippen LogP contribution < -0.4 is 10.6 Å². The Morgan fingerprint density at radius 1 is 1.23 bits per heavy atom. The summed E-state index contributed by atoms with van der Waals surface area (Å²) in [5.74, 6) is 1.46. The van der Waals surface area contributed by atoms with Crippen molar-refractivity contribution in [3.05, 3.63) is 42.0 Å². The van der Waals surface area contributed by atoms with Crippen molar-refractivity contribution in [3.8, 4) is 11.5 Å². The Hall–Kier alpha value is -2.41. The molecule has 2 unspecified atom stereocenters. The Labute approximate surface area is 184 Å². The third-order valence-corrected chi connectivity index (χ3v) is 5.44. The first kappa shape index (κ1) is 23.3. The molecule has 0 aliphatic carbocycles. The first-order valence-electron chi connectivity index (χ1n) is 11.2. The fourth-order valence-corrected chi connectivity index (χ4v) is 3.99. The topological polar surface area (TPSA) is 71.7 Å². The molecule has 1 aromatic heterocycles. The van der Waals surface area contributed by atoms with Gasteiger partial charge >= 0.3 is 0 Å². The lowest BCUT2D eigenvalue weighted by Crippen LogP contribution is -2.43. The van der Waals surface area contributed by atoms with E-state index >= 15 is 0 Å². The van der Waals surface area contributed by atoms with Crippen molar-refractivity contribution in [2.24, 2.45) is 16.3 Å². The molecule has 1 fully saturated rings. The molecule has 1 aliphatic rings. The summed E-state index contributed by atoms with van der Waals surface area (Å²) in [5, 5.41) is 6.70. The minimum atomic E-state index is -0.274. The summed E-state index contributed by atoms with van der Waals surface area (Å²) in [5.41, 5.74) is 1.72. The number of guanidine groups is 1.